The Bertz CT molecular complexity index is 591. The van der Waals surface area contributed by atoms with Crippen molar-refractivity contribution in [1.82, 2.24) is 15.2 Å². The minimum absolute atomic E-state index is 0.332. The van der Waals surface area contributed by atoms with Crippen LogP contribution in [0.2, 0.25) is 0 Å². The third-order valence-corrected chi connectivity index (χ3v) is 2.67. The predicted molar refractivity (Wildman–Crippen MR) is 72.4 cm³/mol. The van der Waals surface area contributed by atoms with Gasteiger partial charge in [-0.1, -0.05) is 28.1 Å². The minimum atomic E-state index is -0.332. The number of amides is 1. The van der Waals surface area contributed by atoms with Crippen LogP contribution in [0.4, 0.5) is 0 Å². The van der Waals surface area contributed by atoms with E-state index in [1.807, 2.05) is 24.3 Å². The van der Waals surface area contributed by atoms with E-state index < -0.39 is 0 Å². The van der Waals surface area contributed by atoms with Crippen molar-refractivity contribution in [2.75, 3.05) is 0 Å². The zero-order valence-electron chi connectivity index (χ0n) is 9.67. The maximum Gasteiger partial charge on any atom is 0.291 e. The van der Waals surface area contributed by atoms with E-state index in [1.165, 1.54) is 0 Å². The van der Waals surface area contributed by atoms with E-state index in [9.17, 15) is 4.79 Å². The summed E-state index contributed by atoms with van der Waals surface area (Å²) in [6.07, 6.45) is 3.28. The first kappa shape index (κ1) is 12.5. The van der Waals surface area contributed by atoms with E-state index in [2.05, 4.69) is 31.6 Å². The minimum Gasteiger partial charge on any atom is -0.275 e. The van der Waals surface area contributed by atoms with Crippen molar-refractivity contribution in [2.45, 2.75) is 0 Å². The molecule has 1 aromatic carbocycles. The van der Waals surface area contributed by atoms with Gasteiger partial charge in [-0.05, 0) is 23.8 Å². The predicted octanol–water partition coefficient (Wildman–Crippen LogP) is 1.95. The zero-order chi connectivity index (χ0) is 13.0. The second kappa shape index (κ2) is 5.59. The molecule has 0 aliphatic heterocycles. The number of halogens is 1. The molecule has 1 N–H and O–H groups in total. The molecule has 0 saturated heterocycles. The van der Waals surface area contributed by atoms with Crippen LogP contribution in [0.15, 0.2) is 46.1 Å². The summed E-state index contributed by atoms with van der Waals surface area (Å²) in [6.45, 7) is 0. The number of hydrogen-bond acceptors (Lipinski definition) is 3. The van der Waals surface area contributed by atoms with E-state index >= 15 is 0 Å². The van der Waals surface area contributed by atoms with Gasteiger partial charge < -0.3 is 0 Å². The Morgan fingerprint density at radius 1 is 1.50 bits per heavy atom. The average molecular weight is 307 g/mol. The van der Waals surface area contributed by atoms with Crippen LogP contribution in [-0.4, -0.2) is 21.9 Å². The fourth-order valence-corrected chi connectivity index (χ4v) is 1.76. The van der Waals surface area contributed by atoms with Gasteiger partial charge in [-0.25, -0.2) is 5.43 Å². The smallest absolute Gasteiger partial charge is 0.275 e. The molecule has 0 saturated carbocycles. The van der Waals surface area contributed by atoms with Gasteiger partial charge >= 0.3 is 0 Å². The molecule has 0 spiro atoms. The lowest BCUT2D eigenvalue weighted by Crippen LogP contribution is -2.18. The highest BCUT2D eigenvalue weighted by molar-refractivity contribution is 9.10. The van der Waals surface area contributed by atoms with E-state index in [0.29, 0.717) is 5.69 Å². The lowest BCUT2D eigenvalue weighted by molar-refractivity contribution is 0.0949. The Kier molecular flexibility index (Phi) is 3.88. The molecule has 0 aliphatic carbocycles. The van der Waals surface area contributed by atoms with Gasteiger partial charge in [-0.2, -0.15) is 10.2 Å². The summed E-state index contributed by atoms with van der Waals surface area (Å²) in [5.41, 5.74) is 3.65. The van der Waals surface area contributed by atoms with Crippen LogP contribution in [0.3, 0.4) is 0 Å². The molecule has 0 atom stereocenters. The Morgan fingerprint density at radius 2 is 2.33 bits per heavy atom. The highest BCUT2D eigenvalue weighted by atomic mass is 79.9. The fourth-order valence-electron chi connectivity index (χ4n) is 1.35. The highest BCUT2D eigenvalue weighted by Gasteiger charge is 2.06. The number of hydrogen-bond donors (Lipinski definition) is 1. The van der Waals surface area contributed by atoms with E-state index in [0.717, 1.165) is 10.0 Å². The maximum atomic E-state index is 11.6. The molecular formula is C12H11BrN4O. The molecule has 6 heteroatoms. The maximum absolute atomic E-state index is 11.6. The molecule has 1 heterocycles. The number of carbonyl (C=O) groups is 1. The summed E-state index contributed by atoms with van der Waals surface area (Å²) >= 11 is 3.36. The molecule has 0 fully saturated rings. The zero-order valence-corrected chi connectivity index (χ0v) is 11.3. The SMILES string of the molecule is Cn1ccc(C(=O)N/N=C\c2cccc(Br)c2)n1. The van der Waals surface area contributed by atoms with Crippen molar-refractivity contribution >= 4 is 28.1 Å². The van der Waals surface area contributed by atoms with Crippen LogP contribution in [0.25, 0.3) is 0 Å². The van der Waals surface area contributed by atoms with E-state index in [1.54, 1.807) is 30.2 Å². The van der Waals surface area contributed by atoms with Crippen LogP contribution < -0.4 is 5.43 Å². The summed E-state index contributed by atoms with van der Waals surface area (Å²) in [5.74, 6) is -0.332. The molecule has 0 aliphatic rings. The van der Waals surface area contributed by atoms with Gasteiger partial charge in [0.05, 0.1) is 6.21 Å². The molecule has 2 aromatic rings. The van der Waals surface area contributed by atoms with Gasteiger partial charge in [0.15, 0.2) is 5.69 Å². The molecule has 92 valence electrons. The van der Waals surface area contributed by atoms with Crippen molar-refractivity contribution in [3.63, 3.8) is 0 Å². The fraction of sp³-hybridized carbons (Fsp3) is 0.0833. The Morgan fingerprint density at radius 3 is 3.00 bits per heavy atom. The third-order valence-electron chi connectivity index (χ3n) is 2.17. The summed E-state index contributed by atoms with van der Waals surface area (Å²) in [5, 5.41) is 7.85. The molecular weight excluding hydrogens is 296 g/mol. The number of aryl methyl sites for hydroxylation is 1. The Hall–Kier alpha value is -1.95. The van der Waals surface area contributed by atoms with Gasteiger partial charge in [0.1, 0.15) is 0 Å². The molecule has 1 aromatic heterocycles. The topological polar surface area (TPSA) is 59.3 Å². The average Bonchev–Trinajstić information content (AvgIpc) is 2.76. The van der Waals surface area contributed by atoms with Crippen LogP contribution in [0.5, 0.6) is 0 Å². The third kappa shape index (κ3) is 3.27. The number of hydrazone groups is 1. The van der Waals surface area contributed by atoms with Crippen molar-refractivity contribution in [2.24, 2.45) is 12.1 Å². The highest BCUT2D eigenvalue weighted by Crippen LogP contribution is 2.09. The summed E-state index contributed by atoms with van der Waals surface area (Å²) in [6, 6.07) is 9.23. The normalized spacial score (nSPS) is 10.8. The molecule has 18 heavy (non-hydrogen) atoms. The number of benzene rings is 1. The molecule has 0 radical (unpaired) electrons. The van der Waals surface area contributed by atoms with Crippen molar-refractivity contribution in [3.05, 3.63) is 52.3 Å². The first-order valence-corrected chi connectivity index (χ1v) is 6.03. The molecule has 1 amide bonds. The van der Waals surface area contributed by atoms with Crippen LogP contribution >= 0.6 is 15.9 Å². The quantitative estimate of drug-likeness (QED) is 0.696. The Balaban J connectivity index is 1.97. The molecule has 0 bridgehead atoms. The van der Waals surface area contributed by atoms with Gasteiger partial charge in [-0.15, -0.1) is 0 Å². The lowest BCUT2D eigenvalue weighted by Gasteiger charge is -1.96. The number of aromatic nitrogens is 2. The number of nitrogens with zero attached hydrogens (tertiary/aromatic N) is 3. The summed E-state index contributed by atoms with van der Waals surface area (Å²) < 4.78 is 2.52. The second-order valence-electron chi connectivity index (χ2n) is 3.63. The summed E-state index contributed by atoms with van der Waals surface area (Å²) in [4.78, 5) is 11.6. The van der Waals surface area contributed by atoms with Crippen molar-refractivity contribution in [3.8, 4) is 0 Å². The lowest BCUT2D eigenvalue weighted by atomic mass is 10.2. The van der Waals surface area contributed by atoms with Gasteiger partial charge in [-0.3, -0.25) is 9.48 Å². The van der Waals surface area contributed by atoms with Gasteiger partial charge in [0.25, 0.3) is 5.91 Å². The van der Waals surface area contributed by atoms with Gasteiger partial charge in [0, 0.05) is 17.7 Å². The second-order valence-corrected chi connectivity index (χ2v) is 4.54. The monoisotopic (exact) mass is 306 g/mol. The Labute approximate surface area is 113 Å². The van der Waals surface area contributed by atoms with Gasteiger partial charge in [0.2, 0.25) is 0 Å². The van der Waals surface area contributed by atoms with Crippen LogP contribution in [0.1, 0.15) is 16.1 Å². The van der Waals surface area contributed by atoms with E-state index in [4.69, 9.17) is 0 Å². The van der Waals surface area contributed by atoms with Crippen LogP contribution in [-0.2, 0) is 7.05 Å². The van der Waals surface area contributed by atoms with Crippen molar-refractivity contribution < 1.29 is 4.79 Å². The first-order valence-electron chi connectivity index (χ1n) is 5.24. The standard InChI is InChI=1S/C12H11BrN4O/c1-17-6-5-11(16-17)12(18)15-14-8-9-3-2-4-10(13)7-9/h2-8H,1H3,(H,15,18)/b14-8-. The molecule has 0 unspecified atom stereocenters. The first-order chi connectivity index (χ1) is 8.65. The summed E-state index contributed by atoms with van der Waals surface area (Å²) in [7, 11) is 1.75. The number of nitrogens with one attached hydrogen (secondary N) is 1. The molecule has 2 rings (SSSR count). The number of rotatable bonds is 3. The van der Waals surface area contributed by atoms with Crippen molar-refractivity contribution in [1.29, 1.82) is 0 Å². The van der Waals surface area contributed by atoms with Crippen LogP contribution in [0, 0.1) is 0 Å². The largest absolute Gasteiger partial charge is 0.291 e. The number of carbonyl (C=O) groups excluding carboxylic acids is 1. The van der Waals surface area contributed by atoms with E-state index in [-0.39, 0.29) is 5.91 Å². The molecule has 5 nitrogen and oxygen atoms in total.